The summed E-state index contributed by atoms with van der Waals surface area (Å²) in [5.41, 5.74) is 8.73. The average Bonchev–Trinajstić information content (AvgIpc) is 3.87. The normalized spacial score (nSPS) is 12.5. The molecule has 0 nitrogen and oxygen atoms in total. The molecule has 0 radical (unpaired) electrons. The van der Waals surface area contributed by atoms with Crippen molar-refractivity contribution in [2.24, 2.45) is 32.5 Å². The van der Waals surface area contributed by atoms with E-state index in [1.54, 1.807) is 0 Å². The first-order valence-corrected chi connectivity index (χ1v) is 28.2. The molecule has 6 aromatic carbocycles. The first-order chi connectivity index (χ1) is 32.8. The van der Waals surface area contributed by atoms with Crippen LogP contribution in [-0.4, -0.2) is 0 Å². The number of hydrogen-bond acceptors (Lipinski definition) is 2. The quantitative estimate of drug-likeness (QED) is 0.133. The highest BCUT2D eigenvalue weighted by atomic mass is 32.1. The van der Waals surface area contributed by atoms with Crippen molar-refractivity contribution >= 4 is 87.3 Å². The van der Waals surface area contributed by atoms with E-state index in [2.05, 4.69) is 310 Å². The van der Waals surface area contributed by atoms with Crippen LogP contribution in [0.5, 0.6) is 0 Å². The van der Waals surface area contributed by atoms with Crippen LogP contribution in [-0.2, 0) is 12.8 Å². The summed E-state index contributed by atoms with van der Waals surface area (Å²) in [4.78, 5) is 0. The van der Waals surface area contributed by atoms with Crippen LogP contribution in [0.3, 0.4) is 0 Å². The van der Waals surface area contributed by atoms with Crippen LogP contribution in [0.4, 0.5) is 0 Å². The third kappa shape index (κ3) is 29.9. The Kier molecular flexibility index (Phi) is 24.5. The fourth-order valence-corrected chi connectivity index (χ4v) is 7.88. The van der Waals surface area contributed by atoms with Gasteiger partial charge in [0.25, 0.3) is 0 Å². The number of thiophene rings is 2. The Morgan fingerprint density at radius 1 is 0.292 bits per heavy atom. The third-order valence-corrected chi connectivity index (χ3v) is 10.1. The van der Waals surface area contributed by atoms with Crippen LogP contribution in [0.1, 0.15) is 188 Å². The van der Waals surface area contributed by atoms with E-state index >= 15 is 0 Å². The zero-order valence-electron chi connectivity index (χ0n) is 50.1. The number of fused-ring (bicyclic) bond motifs is 4. The summed E-state index contributed by atoms with van der Waals surface area (Å²) in [6.45, 7) is 52.5. The Bertz CT molecular complexity index is 2510. The van der Waals surface area contributed by atoms with Crippen molar-refractivity contribution in [3.05, 3.63) is 154 Å². The molecule has 2 heterocycles. The zero-order valence-corrected chi connectivity index (χ0v) is 51.7. The van der Waals surface area contributed by atoms with Crippen LogP contribution >= 0.6 is 22.7 Å². The zero-order chi connectivity index (χ0) is 54.9. The molecule has 0 saturated heterocycles. The highest BCUT2D eigenvalue weighted by Gasteiger charge is 2.15. The molecule has 0 fully saturated rings. The molecule has 0 unspecified atom stereocenters. The van der Waals surface area contributed by atoms with E-state index in [4.69, 9.17) is 0 Å². The predicted molar refractivity (Wildman–Crippen MR) is 339 cm³/mol. The van der Waals surface area contributed by atoms with Crippen molar-refractivity contribution in [1.82, 2.24) is 0 Å². The van der Waals surface area contributed by atoms with Gasteiger partial charge in [0.05, 0.1) is 0 Å². The first-order valence-electron chi connectivity index (χ1n) is 26.4. The molecule has 72 heavy (non-hydrogen) atoms. The minimum Gasteiger partial charge on any atom is -0.144 e. The minimum absolute atomic E-state index is 0.500. The molecule has 0 saturated carbocycles. The number of allylic oxidation sites excluding steroid dienone is 2. The predicted octanol–water partition coefficient (Wildman–Crippen LogP) is 24.4. The van der Waals surface area contributed by atoms with Crippen LogP contribution in [0.2, 0.25) is 0 Å². The van der Waals surface area contributed by atoms with Gasteiger partial charge >= 0.3 is 0 Å². The molecule has 0 spiro atoms. The smallest absolute Gasteiger partial charge is 0.0349 e. The largest absolute Gasteiger partial charge is 0.144 e. The Labute approximate surface area is 450 Å². The number of benzene rings is 6. The summed E-state index contributed by atoms with van der Waals surface area (Å²) in [6, 6.07) is 39.4. The van der Waals surface area contributed by atoms with Gasteiger partial charge in [-0.3, -0.25) is 0 Å². The van der Waals surface area contributed by atoms with E-state index in [0.717, 1.165) is 12.8 Å². The van der Waals surface area contributed by atoms with Crippen molar-refractivity contribution in [2.75, 3.05) is 0 Å². The Hall–Kier alpha value is -4.50. The molecule has 0 atom stereocenters. The Morgan fingerprint density at radius 3 is 0.792 bits per heavy atom. The summed E-state index contributed by atoms with van der Waals surface area (Å²) in [7, 11) is 0. The number of rotatable bonds is 0. The lowest BCUT2D eigenvalue weighted by Gasteiger charge is -2.19. The van der Waals surface area contributed by atoms with E-state index in [1.807, 2.05) is 22.7 Å². The van der Waals surface area contributed by atoms with Crippen LogP contribution in [0.25, 0.3) is 64.6 Å². The highest BCUT2D eigenvalue weighted by Crippen LogP contribution is 2.36. The molecule has 2 heteroatoms. The fourth-order valence-electron chi connectivity index (χ4n) is 6.24. The standard InChI is InChI=1S/C16H12.C14H10.C10H6S2.6C5H12/c1-3-11-7-9-13-5-2-6-14-10-8-12(4-1)15(11)16(13)14;1-2-6-12-10-14-8-4-3-7-13(14)9-11(12)5-1;1-3-11-9-6-8-2-4-12-10(8)5-7(1)9;6*1-5(2,3)4/h1-3,6-10H,4-5H2;1-10H;1-6H;6*1-4H3. The van der Waals surface area contributed by atoms with Gasteiger partial charge in [-0.15, -0.1) is 22.7 Å². The molecule has 2 aliphatic carbocycles. The molecule has 10 rings (SSSR count). The SMILES string of the molecule is C1=Cc2ccc3c4c(ccc(c24)C1)C=CC3.CC(C)(C)C.CC(C)(C)C.CC(C)(C)C.CC(C)(C)C.CC(C)(C)C.CC(C)(C)C.c1cc2cc3sccc3cc2s1.c1ccc2cc3ccccc3cc2c1. The molecule has 2 aliphatic rings. The van der Waals surface area contributed by atoms with Gasteiger partial charge in [-0.25, -0.2) is 0 Å². The van der Waals surface area contributed by atoms with Crippen LogP contribution < -0.4 is 0 Å². The summed E-state index contributed by atoms with van der Waals surface area (Å²) in [5.74, 6) is 0. The highest BCUT2D eigenvalue weighted by molar-refractivity contribution is 7.18. The second-order valence-electron chi connectivity index (χ2n) is 28.9. The van der Waals surface area contributed by atoms with Gasteiger partial charge in [-0.1, -0.05) is 263 Å². The van der Waals surface area contributed by atoms with Crippen molar-refractivity contribution in [2.45, 2.75) is 179 Å². The van der Waals surface area contributed by atoms with Crippen molar-refractivity contribution in [1.29, 1.82) is 0 Å². The maximum absolute atomic E-state index is 2.28. The molecular formula is C70H100S2. The second kappa shape index (κ2) is 27.7. The van der Waals surface area contributed by atoms with Crippen molar-refractivity contribution in [3.8, 4) is 0 Å². The van der Waals surface area contributed by atoms with Gasteiger partial charge in [0.2, 0.25) is 0 Å². The van der Waals surface area contributed by atoms with Crippen molar-refractivity contribution < 1.29 is 0 Å². The van der Waals surface area contributed by atoms with Gasteiger partial charge in [0, 0.05) is 9.40 Å². The maximum Gasteiger partial charge on any atom is 0.0349 e. The van der Waals surface area contributed by atoms with Gasteiger partial charge in [-0.05, 0) is 158 Å². The topological polar surface area (TPSA) is 0 Å². The first kappa shape index (κ1) is 63.6. The van der Waals surface area contributed by atoms with Gasteiger partial charge in [0.1, 0.15) is 0 Å². The van der Waals surface area contributed by atoms with E-state index in [1.165, 1.54) is 74.7 Å². The summed E-state index contributed by atoms with van der Waals surface area (Å²) in [5, 5.41) is 15.3. The molecule has 392 valence electrons. The molecule has 8 aromatic rings. The average molecular weight is 1010 g/mol. The summed E-state index contributed by atoms with van der Waals surface area (Å²) >= 11 is 3.62. The van der Waals surface area contributed by atoms with Gasteiger partial charge in [0.15, 0.2) is 0 Å². The Morgan fingerprint density at radius 2 is 0.542 bits per heavy atom. The lowest BCUT2D eigenvalue weighted by atomic mass is 9.85. The molecule has 0 N–H and O–H groups in total. The Balaban J connectivity index is 0.000000294. The lowest BCUT2D eigenvalue weighted by Crippen LogP contribution is -1.99. The monoisotopic (exact) mass is 1000 g/mol. The van der Waals surface area contributed by atoms with Crippen LogP contribution in [0.15, 0.2) is 132 Å². The van der Waals surface area contributed by atoms with E-state index in [0.29, 0.717) is 32.5 Å². The van der Waals surface area contributed by atoms with Gasteiger partial charge < -0.3 is 0 Å². The third-order valence-electron chi connectivity index (χ3n) is 8.31. The molecular weight excluding hydrogens is 905 g/mol. The molecule has 0 aliphatic heterocycles. The summed E-state index contributed by atoms with van der Waals surface area (Å²) in [6.07, 6.45) is 11.2. The summed E-state index contributed by atoms with van der Waals surface area (Å²) < 4.78 is 2.78. The number of hydrogen-bond donors (Lipinski definition) is 0. The lowest BCUT2D eigenvalue weighted by molar-refractivity contribution is 0.469. The van der Waals surface area contributed by atoms with E-state index in [9.17, 15) is 0 Å². The fraction of sp³-hybridized carbons (Fsp3) is 0.457. The molecule has 2 aromatic heterocycles. The van der Waals surface area contributed by atoms with Crippen molar-refractivity contribution in [3.63, 3.8) is 0 Å². The van der Waals surface area contributed by atoms with E-state index in [-0.39, 0.29) is 0 Å². The minimum atomic E-state index is 0.500. The second-order valence-corrected chi connectivity index (χ2v) is 30.8. The van der Waals surface area contributed by atoms with E-state index < -0.39 is 0 Å². The van der Waals surface area contributed by atoms with Gasteiger partial charge in [-0.2, -0.15) is 0 Å². The maximum atomic E-state index is 2.28. The molecule has 0 bridgehead atoms. The molecule has 0 amide bonds. The van der Waals surface area contributed by atoms with Crippen LogP contribution in [0, 0.1) is 32.5 Å².